The molecular weight excluding hydrogens is 301 g/mol. The minimum atomic E-state index is -0.291. The standard InChI is InChI=1S/C16H20FN3OS/c1-21-15-3-2-12(10-14(15)17)11-20-7-4-13(5-8-20)19-16-18-6-9-22-16/h2-3,6,9-10,13H,4-5,7-8,11H2,1H3,(H,18,19). The van der Waals surface area contributed by atoms with Gasteiger partial charge in [-0.15, -0.1) is 11.3 Å². The average Bonchev–Trinajstić information content (AvgIpc) is 3.02. The number of nitrogens with zero attached hydrogens (tertiary/aromatic N) is 2. The highest BCUT2D eigenvalue weighted by atomic mass is 32.1. The predicted octanol–water partition coefficient (Wildman–Crippen LogP) is 3.37. The largest absolute Gasteiger partial charge is 0.494 e. The van der Waals surface area contributed by atoms with Gasteiger partial charge in [-0.1, -0.05) is 6.07 Å². The number of ether oxygens (including phenoxy) is 1. The molecule has 0 unspecified atom stereocenters. The third-order valence-corrected chi connectivity index (χ3v) is 4.67. The molecule has 1 aromatic carbocycles. The molecule has 1 fully saturated rings. The molecule has 1 saturated heterocycles. The van der Waals surface area contributed by atoms with Crippen LogP contribution in [0.4, 0.5) is 9.52 Å². The van der Waals surface area contributed by atoms with Crippen LogP contribution in [0.3, 0.4) is 0 Å². The Hall–Kier alpha value is -1.66. The number of nitrogens with one attached hydrogen (secondary N) is 1. The SMILES string of the molecule is COc1ccc(CN2CCC(Nc3nccs3)CC2)cc1F. The van der Waals surface area contributed by atoms with Crippen molar-refractivity contribution in [2.45, 2.75) is 25.4 Å². The molecule has 1 N–H and O–H groups in total. The number of anilines is 1. The Labute approximate surface area is 133 Å². The maximum absolute atomic E-state index is 13.7. The number of hydrogen-bond acceptors (Lipinski definition) is 5. The van der Waals surface area contributed by atoms with Crippen molar-refractivity contribution in [1.82, 2.24) is 9.88 Å². The van der Waals surface area contributed by atoms with Gasteiger partial charge in [-0.05, 0) is 30.5 Å². The zero-order chi connectivity index (χ0) is 15.4. The summed E-state index contributed by atoms with van der Waals surface area (Å²) in [6, 6.07) is 5.68. The van der Waals surface area contributed by atoms with Crippen LogP contribution in [0, 0.1) is 5.82 Å². The molecule has 1 aliphatic heterocycles. The maximum Gasteiger partial charge on any atom is 0.182 e. The van der Waals surface area contributed by atoms with Crippen LogP contribution in [0.25, 0.3) is 0 Å². The first kappa shape index (κ1) is 15.2. The lowest BCUT2D eigenvalue weighted by molar-refractivity contribution is 0.211. The number of rotatable bonds is 5. The molecule has 22 heavy (non-hydrogen) atoms. The van der Waals surface area contributed by atoms with E-state index in [2.05, 4.69) is 15.2 Å². The molecule has 0 spiro atoms. The Bertz CT molecular complexity index is 597. The molecule has 118 valence electrons. The molecule has 1 aliphatic rings. The van der Waals surface area contributed by atoms with Crippen molar-refractivity contribution < 1.29 is 9.13 Å². The maximum atomic E-state index is 13.7. The third kappa shape index (κ3) is 3.75. The van der Waals surface area contributed by atoms with Crippen LogP contribution < -0.4 is 10.1 Å². The number of aromatic nitrogens is 1. The third-order valence-electron chi connectivity index (χ3n) is 3.97. The summed E-state index contributed by atoms with van der Waals surface area (Å²) in [6.45, 7) is 2.80. The fourth-order valence-corrected chi connectivity index (χ4v) is 3.38. The first-order valence-electron chi connectivity index (χ1n) is 7.45. The van der Waals surface area contributed by atoms with Gasteiger partial charge in [0.25, 0.3) is 0 Å². The van der Waals surface area contributed by atoms with Crippen molar-refractivity contribution >= 4 is 16.5 Å². The molecule has 0 atom stereocenters. The predicted molar refractivity (Wildman–Crippen MR) is 87.0 cm³/mol. The van der Waals surface area contributed by atoms with Gasteiger partial charge in [0.1, 0.15) is 0 Å². The number of benzene rings is 1. The van der Waals surface area contributed by atoms with E-state index in [9.17, 15) is 4.39 Å². The van der Waals surface area contributed by atoms with E-state index in [-0.39, 0.29) is 5.82 Å². The number of thiazole rings is 1. The van der Waals surface area contributed by atoms with Crippen molar-refractivity contribution in [3.8, 4) is 5.75 Å². The van der Waals surface area contributed by atoms with E-state index in [1.54, 1.807) is 23.5 Å². The monoisotopic (exact) mass is 321 g/mol. The fourth-order valence-electron chi connectivity index (χ4n) is 2.77. The van der Waals surface area contributed by atoms with Gasteiger partial charge in [-0.2, -0.15) is 0 Å². The fraction of sp³-hybridized carbons (Fsp3) is 0.438. The number of likely N-dealkylation sites (tertiary alicyclic amines) is 1. The van der Waals surface area contributed by atoms with Gasteiger partial charge in [-0.25, -0.2) is 9.37 Å². The number of piperidine rings is 1. The molecule has 0 bridgehead atoms. The van der Waals surface area contributed by atoms with Crippen molar-refractivity contribution in [2.75, 3.05) is 25.5 Å². The van der Waals surface area contributed by atoms with E-state index in [0.717, 1.165) is 43.2 Å². The highest BCUT2D eigenvalue weighted by molar-refractivity contribution is 7.13. The molecule has 3 rings (SSSR count). The molecular formula is C16H20FN3OS. The summed E-state index contributed by atoms with van der Waals surface area (Å²) >= 11 is 1.64. The molecule has 0 amide bonds. The van der Waals surface area contributed by atoms with Crippen molar-refractivity contribution in [3.05, 3.63) is 41.2 Å². The second kappa shape index (κ2) is 7.07. The lowest BCUT2D eigenvalue weighted by Gasteiger charge is -2.32. The van der Waals surface area contributed by atoms with Crippen LogP contribution >= 0.6 is 11.3 Å². The average molecular weight is 321 g/mol. The smallest absolute Gasteiger partial charge is 0.182 e. The molecule has 2 heterocycles. The second-order valence-corrected chi connectivity index (χ2v) is 6.40. The summed E-state index contributed by atoms with van der Waals surface area (Å²) in [5.41, 5.74) is 0.990. The lowest BCUT2D eigenvalue weighted by atomic mass is 10.0. The van der Waals surface area contributed by atoms with Crippen LogP contribution in [0.2, 0.25) is 0 Å². The quantitative estimate of drug-likeness (QED) is 0.916. The topological polar surface area (TPSA) is 37.4 Å². The Morgan fingerprint density at radius 1 is 1.41 bits per heavy atom. The summed E-state index contributed by atoms with van der Waals surface area (Å²) in [4.78, 5) is 6.63. The zero-order valence-corrected chi connectivity index (χ0v) is 13.4. The Morgan fingerprint density at radius 3 is 2.86 bits per heavy atom. The molecule has 1 aromatic heterocycles. The van der Waals surface area contributed by atoms with E-state index in [0.29, 0.717) is 11.8 Å². The molecule has 0 radical (unpaired) electrons. The normalized spacial score (nSPS) is 16.6. The van der Waals surface area contributed by atoms with Crippen molar-refractivity contribution in [1.29, 1.82) is 0 Å². The number of methoxy groups -OCH3 is 1. The minimum absolute atomic E-state index is 0.291. The van der Waals surface area contributed by atoms with Gasteiger partial charge in [0.15, 0.2) is 16.7 Å². The van der Waals surface area contributed by atoms with Crippen LogP contribution in [0.15, 0.2) is 29.8 Å². The minimum Gasteiger partial charge on any atom is -0.494 e. The summed E-state index contributed by atoms with van der Waals surface area (Å²) < 4.78 is 18.7. The Kier molecular flexibility index (Phi) is 4.90. The number of halogens is 1. The van der Waals surface area contributed by atoms with Crippen LogP contribution in [0.5, 0.6) is 5.75 Å². The highest BCUT2D eigenvalue weighted by Gasteiger charge is 2.20. The summed E-state index contributed by atoms with van der Waals surface area (Å²) in [5.74, 6) is 0.00966. The molecule has 4 nitrogen and oxygen atoms in total. The summed E-state index contributed by atoms with van der Waals surface area (Å²) in [6.07, 6.45) is 3.98. The van der Waals surface area contributed by atoms with Gasteiger partial charge in [0.2, 0.25) is 0 Å². The first-order valence-corrected chi connectivity index (χ1v) is 8.33. The Balaban J connectivity index is 1.50. The van der Waals surface area contributed by atoms with E-state index < -0.39 is 0 Å². The van der Waals surface area contributed by atoms with E-state index >= 15 is 0 Å². The Morgan fingerprint density at radius 2 is 2.23 bits per heavy atom. The van der Waals surface area contributed by atoms with Gasteiger partial charge < -0.3 is 10.1 Å². The van der Waals surface area contributed by atoms with Gasteiger partial charge >= 0.3 is 0 Å². The molecule has 0 aliphatic carbocycles. The zero-order valence-electron chi connectivity index (χ0n) is 12.6. The van der Waals surface area contributed by atoms with E-state index in [1.165, 1.54) is 7.11 Å². The van der Waals surface area contributed by atoms with E-state index in [4.69, 9.17) is 4.74 Å². The second-order valence-electron chi connectivity index (χ2n) is 5.50. The first-order chi connectivity index (χ1) is 10.7. The lowest BCUT2D eigenvalue weighted by Crippen LogP contribution is -2.38. The van der Waals surface area contributed by atoms with Gasteiger partial charge in [0, 0.05) is 37.3 Å². The molecule has 6 heteroatoms. The van der Waals surface area contributed by atoms with Crippen molar-refractivity contribution in [2.24, 2.45) is 0 Å². The van der Waals surface area contributed by atoms with Crippen LogP contribution in [-0.4, -0.2) is 36.1 Å². The molecule has 2 aromatic rings. The number of hydrogen-bond donors (Lipinski definition) is 1. The van der Waals surface area contributed by atoms with Crippen LogP contribution in [0.1, 0.15) is 18.4 Å². The van der Waals surface area contributed by atoms with E-state index in [1.807, 2.05) is 17.6 Å². The summed E-state index contributed by atoms with van der Waals surface area (Å²) in [5, 5.41) is 6.45. The van der Waals surface area contributed by atoms with Crippen LogP contribution in [-0.2, 0) is 6.54 Å². The summed E-state index contributed by atoms with van der Waals surface area (Å²) in [7, 11) is 1.48. The van der Waals surface area contributed by atoms with Gasteiger partial charge in [-0.3, -0.25) is 4.90 Å². The van der Waals surface area contributed by atoms with Gasteiger partial charge in [0.05, 0.1) is 7.11 Å². The highest BCUT2D eigenvalue weighted by Crippen LogP contribution is 2.22. The molecule has 0 saturated carbocycles. The van der Waals surface area contributed by atoms with Crippen molar-refractivity contribution in [3.63, 3.8) is 0 Å².